The zero-order valence-corrected chi connectivity index (χ0v) is 15.1. The number of rotatable bonds is 4. The number of primary amides is 1. The molecule has 0 saturated carbocycles. The third kappa shape index (κ3) is 3.62. The molecule has 0 bridgehead atoms. The van der Waals surface area contributed by atoms with Crippen molar-refractivity contribution >= 4 is 28.4 Å². The van der Waals surface area contributed by atoms with Gasteiger partial charge in [-0.25, -0.2) is 4.98 Å². The molecule has 2 heterocycles. The third-order valence-electron chi connectivity index (χ3n) is 4.74. The van der Waals surface area contributed by atoms with Gasteiger partial charge in [-0.3, -0.25) is 9.59 Å². The van der Waals surface area contributed by atoms with Crippen molar-refractivity contribution in [3.05, 3.63) is 36.0 Å². The summed E-state index contributed by atoms with van der Waals surface area (Å²) < 4.78 is 0. The van der Waals surface area contributed by atoms with Crippen molar-refractivity contribution in [2.45, 2.75) is 24.9 Å². The Morgan fingerprint density at radius 2 is 2.08 bits per heavy atom. The zero-order valence-electron chi connectivity index (χ0n) is 15.1. The summed E-state index contributed by atoms with van der Waals surface area (Å²) in [5, 5.41) is 11.6. The number of nitrogens with two attached hydrogens (primary N) is 1. The second-order valence-corrected chi connectivity index (χ2v) is 7.14. The average Bonchev–Trinajstić information content (AvgIpc) is 2.58. The first kappa shape index (κ1) is 18.1. The van der Waals surface area contributed by atoms with E-state index in [1.165, 1.54) is 0 Å². The van der Waals surface area contributed by atoms with E-state index in [4.69, 9.17) is 5.73 Å². The Balaban J connectivity index is 1.93. The van der Waals surface area contributed by atoms with Gasteiger partial charge in [-0.15, -0.1) is 0 Å². The lowest BCUT2D eigenvalue weighted by Gasteiger charge is -2.38. The van der Waals surface area contributed by atoms with Crippen LogP contribution < -0.4 is 10.6 Å². The van der Waals surface area contributed by atoms with E-state index in [0.717, 1.165) is 16.6 Å². The molecule has 7 nitrogen and oxygen atoms in total. The van der Waals surface area contributed by atoms with E-state index in [1.807, 2.05) is 43.3 Å². The van der Waals surface area contributed by atoms with Gasteiger partial charge in [0.05, 0.1) is 24.1 Å². The number of hydrogen-bond acceptors (Lipinski definition) is 5. The van der Waals surface area contributed by atoms with Gasteiger partial charge in [0.1, 0.15) is 5.69 Å². The number of carbonyl (C=O) groups is 2. The number of nitrogens with zero attached hydrogens (tertiary/aromatic N) is 3. The number of carbonyl (C=O) groups excluding carboxylic acids is 2. The molecule has 2 amide bonds. The van der Waals surface area contributed by atoms with Crippen molar-refractivity contribution in [1.29, 1.82) is 0 Å². The van der Waals surface area contributed by atoms with Crippen molar-refractivity contribution < 1.29 is 14.7 Å². The number of likely N-dealkylation sites (tertiary alicyclic amines) is 1. The molecular formula is C19H24N4O3. The van der Waals surface area contributed by atoms with Crippen LogP contribution in [0.1, 0.15) is 29.8 Å². The Morgan fingerprint density at radius 1 is 1.35 bits per heavy atom. The van der Waals surface area contributed by atoms with Crippen molar-refractivity contribution in [3.8, 4) is 0 Å². The minimum absolute atomic E-state index is 0.0839. The van der Waals surface area contributed by atoms with Gasteiger partial charge in [-0.1, -0.05) is 18.2 Å². The van der Waals surface area contributed by atoms with Crippen LogP contribution in [0.4, 0.5) is 5.69 Å². The first-order valence-corrected chi connectivity index (χ1v) is 8.66. The highest BCUT2D eigenvalue weighted by molar-refractivity contribution is 6.00. The smallest absolute Gasteiger partial charge is 0.272 e. The van der Waals surface area contributed by atoms with Crippen LogP contribution in [-0.4, -0.2) is 59.6 Å². The van der Waals surface area contributed by atoms with E-state index >= 15 is 0 Å². The molecular weight excluding hydrogens is 332 g/mol. The fraction of sp³-hybridized carbons (Fsp3) is 0.421. The number of pyridine rings is 1. The van der Waals surface area contributed by atoms with Gasteiger partial charge >= 0.3 is 0 Å². The minimum atomic E-state index is -1.26. The predicted molar refractivity (Wildman–Crippen MR) is 100.0 cm³/mol. The molecule has 7 heteroatoms. The molecule has 1 aromatic heterocycles. The lowest BCUT2D eigenvalue weighted by Crippen LogP contribution is -2.52. The number of aromatic nitrogens is 1. The normalized spacial score (nSPS) is 20.2. The van der Waals surface area contributed by atoms with E-state index in [0.29, 0.717) is 25.1 Å². The van der Waals surface area contributed by atoms with Crippen LogP contribution in [0.2, 0.25) is 0 Å². The largest absolute Gasteiger partial charge is 0.388 e. The summed E-state index contributed by atoms with van der Waals surface area (Å²) in [4.78, 5) is 32.2. The Labute approximate surface area is 152 Å². The number of piperidine rings is 1. The standard InChI is InChI=1S/C19H24N4O3/c1-22(2)16-10-15(21-14-7-4-3-6-13(14)16)18(25)23-9-5-8-19(26,12-23)11-17(20)24/h3-4,6-7,10,26H,5,8-9,11-12H2,1-2H3,(H2,20,24). The van der Waals surface area contributed by atoms with Crippen molar-refractivity contribution in [1.82, 2.24) is 9.88 Å². The molecule has 1 aliphatic heterocycles. The molecule has 138 valence electrons. The van der Waals surface area contributed by atoms with E-state index < -0.39 is 11.5 Å². The maximum Gasteiger partial charge on any atom is 0.272 e. The van der Waals surface area contributed by atoms with Gasteiger partial charge in [0, 0.05) is 31.7 Å². The average molecular weight is 356 g/mol. The van der Waals surface area contributed by atoms with Crippen molar-refractivity contribution in [2.75, 3.05) is 32.1 Å². The van der Waals surface area contributed by atoms with Crippen molar-refractivity contribution in [3.63, 3.8) is 0 Å². The lowest BCUT2D eigenvalue weighted by atomic mass is 9.89. The quantitative estimate of drug-likeness (QED) is 0.856. The predicted octanol–water partition coefficient (Wildman–Crippen LogP) is 1.14. The molecule has 1 saturated heterocycles. The van der Waals surface area contributed by atoms with E-state index in [1.54, 1.807) is 11.0 Å². The summed E-state index contributed by atoms with van der Waals surface area (Å²) in [5.74, 6) is -0.818. The molecule has 0 spiro atoms. The number of fused-ring (bicyclic) bond motifs is 1. The molecule has 26 heavy (non-hydrogen) atoms. The number of aliphatic hydroxyl groups is 1. The fourth-order valence-electron chi connectivity index (χ4n) is 3.55. The maximum atomic E-state index is 13.0. The number of β-amino-alcohol motifs (C(OH)–C–C–N with tert-alkyl or cyclic N) is 1. The lowest BCUT2D eigenvalue weighted by molar-refractivity contribution is -0.125. The first-order chi connectivity index (χ1) is 12.3. The van der Waals surface area contributed by atoms with Crippen molar-refractivity contribution in [2.24, 2.45) is 5.73 Å². The van der Waals surface area contributed by atoms with Crippen LogP contribution in [0.3, 0.4) is 0 Å². The molecule has 1 aliphatic rings. The fourth-order valence-corrected chi connectivity index (χ4v) is 3.55. The van der Waals surface area contributed by atoms with Gasteiger partial charge in [-0.2, -0.15) is 0 Å². The Hall–Kier alpha value is -2.67. The summed E-state index contributed by atoms with van der Waals surface area (Å²) >= 11 is 0. The van der Waals surface area contributed by atoms with Crippen LogP contribution in [-0.2, 0) is 4.79 Å². The molecule has 1 unspecified atom stereocenters. The summed E-state index contributed by atoms with van der Waals surface area (Å²) in [6.45, 7) is 0.603. The topological polar surface area (TPSA) is 99.8 Å². The van der Waals surface area contributed by atoms with Gasteiger partial charge in [0.15, 0.2) is 0 Å². The number of para-hydroxylation sites is 1. The summed E-state index contributed by atoms with van der Waals surface area (Å²) in [6.07, 6.45) is 0.919. The molecule has 1 atom stereocenters. The molecule has 1 fully saturated rings. The van der Waals surface area contributed by atoms with Crippen LogP contribution in [0.5, 0.6) is 0 Å². The zero-order chi connectivity index (χ0) is 18.9. The molecule has 0 radical (unpaired) electrons. The Bertz CT molecular complexity index is 852. The highest BCUT2D eigenvalue weighted by atomic mass is 16.3. The molecule has 3 rings (SSSR count). The molecule has 3 N–H and O–H groups in total. The maximum absolute atomic E-state index is 13.0. The first-order valence-electron chi connectivity index (χ1n) is 8.66. The van der Waals surface area contributed by atoms with Gasteiger partial charge < -0.3 is 20.6 Å². The third-order valence-corrected chi connectivity index (χ3v) is 4.74. The van der Waals surface area contributed by atoms with Crippen LogP contribution in [0, 0.1) is 0 Å². The second kappa shape index (κ2) is 6.92. The number of benzene rings is 1. The van der Waals surface area contributed by atoms with Gasteiger partial charge in [0.25, 0.3) is 5.91 Å². The van der Waals surface area contributed by atoms with E-state index in [2.05, 4.69) is 4.98 Å². The van der Waals surface area contributed by atoms with Gasteiger partial charge in [0.2, 0.25) is 5.91 Å². The molecule has 0 aliphatic carbocycles. The van der Waals surface area contributed by atoms with Crippen LogP contribution in [0.15, 0.2) is 30.3 Å². The Morgan fingerprint density at radius 3 is 2.77 bits per heavy atom. The highest BCUT2D eigenvalue weighted by Gasteiger charge is 2.37. The minimum Gasteiger partial charge on any atom is -0.388 e. The van der Waals surface area contributed by atoms with E-state index in [9.17, 15) is 14.7 Å². The summed E-state index contributed by atoms with van der Waals surface area (Å²) in [7, 11) is 3.84. The van der Waals surface area contributed by atoms with Crippen LogP contribution in [0.25, 0.3) is 10.9 Å². The number of anilines is 1. The summed E-state index contributed by atoms with van der Waals surface area (Å²) in [5.41, 5.74) is 5.95. The van der Waals surface area contributed by atoms with Crippen LogP contribution >= 0.6 is 0 Å². The monoisotopic (exact) mass is 356 g/mol. The second-order valence-electron chi connectivity index (χ2n) is 7.14. The SMILES string of the molecule is CN(C)c1cc(C(=O)N2CCCC(O)(CC(N)=O)C2)nc2ccccc12. The molecule has 1 aromatic carbocycles. The summed E-state index contributed by atoms with van der Waals surface area (Å²) in [6, 6.07) is 9.44. The van der Waals surface area contributed by atoms with E-state index in [-0.39, 0.29) is 18.9 Å². The molecule has 2 aromatic rings. The number of amides is 2. The number of hydrogen-bond donors (Lipinski definition) is 2. The highest BCUT2D eigenvalue weighted by Crippen LogP contribution is 2.28. The Kier molecular flexibility index (Phi) is 4.82. The van der Waals surface area contributed by atoms with Gasteiger partial charge in [-0.05, 0) is 25.0 Å².